The molecule has 1 aromatic carbocycles. The molecule has 1 aromatic heterocycles. The molecule has 1 unspecified atom stereocenters. The van der Waals surface area contributed by atoms with Crippen LogP contribution in [0.1, 0.15) is 37.9 Å². The molecule has 2 rings (SSSR count). The van der Waals surface area contributed by atoms with Gasteiger partial charge in [0.25, 0.3) is 0 Å². The van der Waals surface area contributed by atoms with Crippen LogP contribution in [0, 0.1) is 6.92 Å². The fourth-order valence-corrected chi connectivity index (χ4v) is 2.38. The van der Waals surface area contributed by atoms with Crippen LogP contribution >= 0.6 is 0 Å². The van der Waals surface area contributed by atoms with E-state index in [2.05, 4.69) is 27.9 Å². The van der Waals surface area contributed by atoms with Gasteiger partial charge < -0.3 is 21.7 Å². The Balaban J connectivity index is 0.000000594. The Morgan fingerprint density at radius 1 is 1.10 bits per heavy atom. The van der Waals surface area contributed by atoms with E-state index in [4.69, 9.17) is 5.73 Å². The SMILES string of the molecule is CCCCNCC(=O)NC(C)C(=O)NCc1ccc(N)nc1C.c1ccccc1. The number of benzene rings is 1. The molecule has 0 saturated carbocycles. The average molecular weight is 400 g/mol. The number of nitrogens with one attached hydrogen (secondary N) is 3. The number of hydrogen-bond donors (Lipinski definition) is 4. The van der Waals surface area contributed by atoms with Gasteiger partial charge in [-0.25, -0.2) is 4.98 Å². The summed E-state index contributed by atoms with van der Waals surface area (Å²) < 4.78 is 0. The molecule has 0 saturated heterocycles. The largest absolute Gasteiger partial charge is 0.384 e. The number of amides is 2. The van der Waals surface area contributed by atoms with Gasteiger partial charge in [-0.05, 0) is 38.4 Å². The lowest BCUT2D eigenvalue weighted by Crippen LogP contribution is -2.47. The van der Waals surface area contributed by atoms with Crippen molar-refractivity contribution in [1.82, 2.24) is 20.9 Å². The number of carbonyl (C=O) groups is 2. The number of rotatable bonds is 9. The minimum absolute atomic E-state index is 0.186. The van der Waals surface area contributed by atoms with Crippen molar-refractivity contribution in [2.45, 2.75) is 46.2 Å². The third kappa shape index (κ3) is 10.8. The van der Waals surface area contributed by atoms with Crippen LogP contribution in [0.25, 0.3) is 0 Å². The number of nitrogens with zero attached hydrogens (tertiary/aromatic N) is 1. The molecule has 2 aromatic rings. The number of nitrogens with two attached hydrogens (primary N) is 1. The van der Waals surface area contributed by atoms with E-state index in [1.54, 1.807) is 13.0 Å². The van der Waals surface area contributed by atoms with E-state index >= 15 is 0 Å². The fourth-order valence-electron chi connectivity index (χ4n) is 2.38. The molecule has 5 N–H and O–H groups in total. The molecule has 1 heterocycles. The first-order valence-electron chi connectivity index (χ1n) is 9.93. The molecule has 0 fully saturated rings. The molecule has 0 aliphatic carbocycles. The number of unbranched alkanes of at least 4 members (excludes halogenated alkanes) is 1. The van der Waals surface area contributed by atoms with Crippen LogP contribution < -0.4 is 21.7 Å². The number of carbonyl (C=O) groups excluding carboxylic acids is 2. The molecule has 2 amide bonds. The molecular weight excluding hydrogens is 366 g/mol. The monoisotopic (exact) mass is 399 g/mol. The Morgan fingerprint density at radius 2 is 1.72 bits per heavy atom. The average Bonchev–Trinajstić information content (AvgIpc) is 2.72. The zero-order valence-electron chi connectivity index (χ0n) is 17.6. The number of aromatic nitrogens is 1. The van der Waals surface area contributed by atoms with Gasteiger partial charge in [0.1, 0.15) is 11.9 Å². The van der Waals surface area contributed by atoms with E-state index in [0.29, 0.717) is 12.4 Å². The lowest BCUT2D eigenvalue weighted by Gasteiger charge is -2.15. The van der Waals surface area contributed by atoms with Crippen molar-refractivity contribution in [2.75, 3.05) is 18.8 Å². The number of nitrogen functional groups attached to an aromatic ring is 1. The van der Waals surface area contributed by atoms with Crippen molar-refractivity contribution in [3.63, 3.8) is 0 Å². The van der Waals surface area contributed by atoms with Crippen molar-refractivity contribution >= 4 is 17.6 Å². The van der Waals surface area contributed by atoms with Crippen LogP contribution in [0.15, 0.2) is 48.5 Å². The number of anilines is 1. The summed E-state index contributed by atoms with van der Waals surface area (Å²) in [6, 6.07) is 14.9. The quantitative estimate of drug-likeness (QED) is 0.483. The summed E-state index contributed by atoms with van der Waals surface area (Å²) in [4.78, 5) is 27.9. The molecule has 29 heavy (non-hydrogen) atoms. The van der Waals surface area contributed by atoms with Crippen molar-refractivity contribution < 1.29 is 9.59 Å². The maximum atomic E-state index is 12.0. The van der Waals surface area contributed by atoms with Gasteiger partial charge >= 0.3 is 0 Å². The standard InChI is InChI=1S/C16H27N5O2.C6H6/c1-4-5-8-18-10-15(22)21-12(3)16(23)19-9-13-6-7-14(17)20-11(13)2;1-2-4-6-5-3-1/h6-7,12,18H,4-5,8-10H2,1-3H3,(H2,17,20)(H,19,23)(H,21,22);1-6H. The predicted octanol–water partition coefficient (Wildman–Crippen LogP) is 2.17. The summed E-state index contributed by atoms with van der Waals surface area (Å²) in [6.07, 6.45) is 2.10. The maximum absolute atomic E-state index is 12.0. The van der Waals surface area contributed by atoms with Crippen molar-refractivity contribution in [3.05, 3.63) is 59.8 Å². The Hall–Kier alpha value is -2.93. The van der Waals surface area contributed by atoms with Gasteiger partial charge in [0.15, 0.2) is 0 Å². The number of pyridine rings is 1. The third-order valence-electron chi connectivity index (χ3n) is 4.10. The van der Waals surface area contributed by atoms with Gasteiger partial charge in [0, 0.05) is 12.2 Å². The first-order valence-corrected chi connectivity index (χ1v) is 9.93. The van der Waals surface area contributed by atoms with E-state index in [1.165, 1.54) is 0 Å². The summed E-state index contributed by atoms with van der Waals surface area (Å²) in [7, 11) is 0. The van der Waals surface area contributed by atoms with Gasteiger partial charge in [-0.3, -0.25) is 9.59 Å². The number of aryl methyl sites for hydroxylation is 1. The Morgan fingerprint density at radius 3 is 2.28 bits per heavy atom. The smallest absolute Gasteiger partial charge is 0.242 e. The molecular formula is C22H33N5O2. The third-order valence-corrected chi connectivity index (χ3v) is 4.10. The number of hydrogen-bond acceptors (Lipinski definition) is 5. The highest BCUT2D eigenvalue weighted by atomic mass is 16.2. The van der Waals surface area contributed by atoms with Crippen molar-refractivity contribution in [2.24, 2.45) is 0 Å². The summed E-state index contributed by atoms with van der Waals surface area (Å²) in [5.74, 6) is 0.0333. The Labute approximate surface area is 173 Å². The minimum Gasteiger partial charge on any atom is -0.384 e. The first-order chi connectivity index (χ1) is 13.9. The molecule has 7 nitrogen and oxygen atoms in total. The topological polar surface area (TPSA) is 109 Å². The lowest BCUT2D eigenvalue weighted by molar-refractivity contribution is -0.128. The van der Waals surface area contributed by atoms with Gasteiger partial charge in [-0.15, -0.1) is 0 Å². The second kappa shape index (κ2) is 14.1. The van der Waals surface area contributed by atoms with E-state index in [-0.39, 0.29) is 18.4 Å². The van der Waals surface area contributed by atoms with Gasteiger partial charge in [0.2, 0.25) is 11.8 Å². The van der Waals surface area contributed by atoms with Crippen LogP contribution in [0.5, 0.6) is 0 Å². The van der Waals surface area contributed by atoms with Crippen molar-refractivity contribution in [3.8, 4) is 0 Å². The van der Waals surface area contributed by atoms with Crippen LogP contribution in [-0.2, 0) is 16.1 Å². The second-order valence-corrected chi connectivity index (χ2v) is 6.67. The highest BCUT2D eigenvalue weighted by molar-refractivity contribution is 5.87. The second-order valence-electron chi connectivity index (χ2n) is 6.67. The van der Waals surface area contributed by atoms with E-state index in [1.807, 2.05) is 49.4 Å². The summed E-state index contributed by atoms with van der Waals surface area (Å²) in [5, 5.41) is 8.49. The van der Waals surface area contributed by atoms with Gasteiger partial charge in [0.05, 0.1) is 6.54 Å². The maximum Gasteiger partial charge on any atom is 0.242 e. The predicted molar refractivity (Wildman–Crippen MR) is 117 cm³/mol. The summed E-state index contributed by atoms with van der Waals surface area (Å²) in [6.45, 7) is 6.96. The Kier molecular flexibility index (Phi) is 11.7. The fraction of sp³-hybridized carbons (Fsp3) is 0.409. The highest BCUT2D eigenvalue weighted by Gasteiger charge is 2.15. The lowest BCUT2D eigenvalue weighted by atomic mass is 10.2. The molecule has 0 aliphatic heterocycles. The van der Waals surface area contributed by atoms with Gasteiger partial charge in [-0.2, -0.15) is 0 Å². The zero-order valence-corrected chi connectivity index (χ0v) is 17.6. The summed E-state index contributed by atoms with van der Waals surface area (Å²) >= 11 is 0. The van der Waals surface area contributed by atoms with Crippen LogP contribution in [-0.4, -0.2) is 35.9 Å². The van der Waals surface area contributed by atoms with E-state index in [0.717, 1.165) is 30.6 Å². The normalized spacial score (nSPS) is 11.0. The molecule has 0 bridgehead atoms. The molecule has 158 valence electrons. The minimum atomic E-state index is -0.586. The highest BCUT2D eigenvalue weighted by Crippen LogP contribution is 2.07. The first kappa shape index (κ1) is 24.1. The van der Waals surface area contributed by atoms with E-state index < -0.39 is 6.04 Å². The van der Waals surface area contributed by atoms with E-state index in [9.17, 15) is 9.59 Å². The van der Waals surface area contributed by atoms with Crippen LogP contribution in [0.2, 0.25) is 0 Å². The molecule has 0 radical (unpaired) electrons. The molecule has 7 heteroatoms. The Bertz CT molecular complexity index is 711. The summed E-state index contributed by atoms with van der Waals surface area (Å²) in [5.41, 5.74) is 7.27. The van der Waals surface area contributed by atoms with Crippen LogP contribution in [0.3, 0.4) is 0 Å². The molecule has 0 spiro atoms. The zero-order chi connectivity index (χ0) is 21.5. The van der Waals surface area contributed by atoms with Crippen molar-refractivity contribution in [1.29, 1.82) is 0 Å². The van der Waals surface area contributed by atoms with Gasteiger partial charge in [-0.1, -0.05) is 55.8 Å². The molecule has 1 atom stereocenters. The molecule has 0 aliphatic rings. The van der Waals surface area contributed by atoms with Crippen LogP contribution in [0.4, 0.5) is 5.82 Å².